The van der Waals surface area contributed by atoms with Crippen LogP contribution in [-0.4, -0.2) is 50.9 Å². The van der Waals surface area contributed by atoms with E-state index in [2.05, 4.69) is 21.4 Å². The third kappa shape index (κ3) is 4.33. The van der Waals surface area contributed by atoms with Crippen LogP contribution in [0.2, 0.25) is 0 Å². The molecule has 2 aromatic carbocycles. The molecule has 1 N–H and O–H groups in total. The zero-order valence-electron chi connectivity index (χ0n) is 19.1. The Morgan fingerprint density at radius 1 is 1.15 bits per heavy atom. The van der Waals surface area contributed by atoms with Crippen LogP contribution in [0.25, 0.3) is 21.5 Å². The molecule has 0 radical (unpaired) electrons. The highest BCUT2D eigenvalue weighted by atomic mass is 32.2. The van der Waals surface area contributed by atoms with E-state index in [0.29, 0.717) is 40.7 Å². The van der Waals surface area contributed by atoms with Gasteiger partial charge in [-0.25, -0.2) is 9.97 Å². The SMILES string of the molecule is Cc1cccc(-c2sc(C)nc2C(=O)N2CSC[C@H]2CNC(=O)c2cccc3nc(C)oc23)c1. The van der Waals surface area contributed by atoms with Gasteiger partial charge in [0.2, 0.25) is 0 Å². The fraction of sp³-hybridized carbons (Fsp3) is 0.280. The third-order valence-electron chi connectivity index (χ3n) is 5.72. The number of aryl methyl sites for hydroxylation is 3. The van der Waals surface area contributed by atoms with Crippen molar-refractivity contribution in [3.05, 3.63) is 70.2 Å². The van der Waals surface area contributed by atoms with E-state index < -0.39 is 0 Å². The average Bonchev–Trinajstić information content (AvgIpc) is 3.53. The summed E-state index contributed by atoms with van der Waals surface area (Å²) in [6, 6.07) is 13.3. The molecular weight excluding hydrogens is 468 g/mol. The number of thiazole rings is 1. The lowest BCUT2D eigenvalue weighted by Crippen LogP contribution is -2.44. The molecule has 2 amide bonds. The van der Waals surface area contributed by atoms with Gasteiger partial charge in [-0.15, -0.1) is 23.1 Å². The van der Waals surface area contributed by atoms with Crippen molar-refractivity contribution < 1.29 is 14.0 Å². The molecule has 34 heavy (non-hydrogen) atoms. The molecule has 9 heteroatoms. The summed E-state index contributed by atoms with van der Waals surface area (Å²) >= 11 is 3.21. The van der Waals surface area contributed by atoms with Crippen molar-refractivity contribution in [3.63, 3.8) is 0 Å². The molecule has 2 aromatic heterocycles. The molecule has 3 heterocycles. The van der Waals surface area contributed by atoms with Crippen LogP contribution in [0.3, 0.4) is 0 Å². The fourth-order valence-electron chi connectivity index (χ4n) is 4.11. The molecule has 1 aliphatic rings. The average molecular weight is 493 g/mol. The molecular formula is C25H24N4O3S2. The Morgan fingerprint density at radius 3 is 2.79 bits per heavy atom. The Bertz CT molecular complexity index is 1390. The number of thioether (sulfide) groups is 1. The van der Waals surface area contributed by atoms with Crippen molar-refractivity contribution in [2.24, 2.45) is 0 Å². The van der Waals surface area contributed by atoms with Crippen LogP contribution in [0.5, 0.6) is 0 Å². The maximum atomic E-state index is 13.6. The molecule has 1 fully saturated rings. The molecule has 0 bridgehead atoms. The molecule has 1 aliphatic heterocycles. The number of nitrogens with zero attached hydrogens (tertiary/aromatic N) is 3. The van der Waals surface area contributed by atoms with Crippen LogP contribution in [-0.2, 0) is 0 Å². The summed E-state index contributed by atoms with van der Waals surface area (Å²) in [6.07, 6.45) is 0. The largest absolute Gasteiger partial charge is 0.440 e. The van der Waals surface area contributed by atoms with E-state index in [1.165, 1.54) is 11.3 Å². The van der Waals surface area contributed by atoms with E-state index in [4.69, 9.17) is 4.42 Å². The van der Waals surface area contributed by atoms with Gasteiger partial charge in [-0.1, -0.05) is 35.9 Å². The lowest BCUT2D eigenvalue weighted by atomic mass is 10.1. The fourth-order valence-corrected chi connectivity index (χ4v) is 6.22. The van der Waals surface area contributed by atoms with Gasteiger partial charge in [-0.05, 0) is 31.5 Å². The molecule has 1 saturated heterocycles. The quantitative estimate of drug-likeness (QED) is 0.430. The van der Waals surface area contributed by atoms with Gasteiger partial charge in [0.25, 0.3) is 11.8 Å². The summed E-state index contributed by atoms with van der Waals surface area (Å²) in [5.41, 5.74) is 4.19. The van der Waals surface area contributed by atoms with Gasteiger partial charge in [0, 0.05) is 19.2 Å². The highest BCUT2D eigenvalue weighted by Crippen LogP contribution is 2.33. The Hall–Kier alpha value is -3.17. The van der Waals surface area contributed by atoms with Crippen LogP contribution >= 0.6 is 23.1 Å². The molecule has 0 unspecified atom stereocenters. The van der Waals surface area contributed by atoms with Gasteiger partial charge in [0.05, 0.1) is 27.4 Å². The minimum atomic E-state index is -0.240. The minimum Gasteiger partial charge on any atom is -0.440 e. The second-order valence-electron chi connectivity index (χ2n) is 8.31. The second kappa shape index (κ2) is 9.23. The van der Waals surface area contributed by atoms with Crippen LogP contribution in [0, 0.1) is 20.8 Å². The molecule has 7 nitrogen and oxygen atoms in total. The first-order valence-corrected chi connectivity index (χ1v) is 13.0. The number of nitrogens with one attached hydrogen (secondary N) is 1. The Kier molecular flexibility index (Phi) is 6.14. The van der Waals surface area contributed by atoms with E-state index in [1.54, 1.807) is 30.8 Å². The van der Waals surface area contributed by atoms with Gasteiger partial charge in [-0.2, -0.15) is 0 Å². The van der Waals surface area contributed by atoms with Gasteiger partial charge >= 0.3 is 0 Å². The van der Waals surface area contributed by atoms with Gasteiger partial charge < -0.3 is 14.6 Å². The highest BCUT2D eigenvalue weighted by Gasteiger charge is 2.33. The Labute approximate surface area is 205 Å². The van der Waals surface area contributed by atoms with Crippen molar-refractivity contribution in [1.82, 2.24) is 20.2 Å². The van der Waals surface area contributed by atoms with Crippen molar-refractivity contribution in [2.45, 2.75) is 26.8 Å². The number of fused-ring (bicyclic) bond motifs is 1. The molecule has 174 valence electrons. The van der Waals surface area contributed by atoms with Crippen LogP contribution < -0.4 is 5.32 Å². The van der Waals surface area contributed by atoms with Crippen LogP contribution in [0.4, 0.5) is 0 Å². The summed E-state index contributed by atoms with van der Waals surface area (Å²) < 4.78 is 5.63. The van der Waals surface area contributed by atoms with E-state index in [1.807, 2.05) is 43.0 Å². The Morgan fingerprint density at radius 2 is 1.97 bits per heavy atom. The predicted molar refractivity (Wildman–Crippen MR) is 135 cm³/mol. The number of oxazole rings is 1. The number of carbonyl (C=O) groups excluding carboxylic acids is 2. The van der Waals surface area contributed by atoms with E-state index in [9.17, 15) is 9.59 Å². The van der Waals surface area contributed by atoms with Crippen LogP contribution in [0.1, 0.15) is 37.3 Å². The first kappa shape index (κ1) is 22.6. The minimum absolute atomic E-state index is 0.0990. The summed E-state index contributed by atoms with van der Waals surface area (Å²) in [5, 5.41) is 3.84. The van der Waals surface area contributed by atoms with E-state index >= 15 is 0 Å². The van der Waals surface area contributed by atoms with Gasteiger partial charge in [-0.3, -0.25) is 9.59 Å². The summed E-state index contributed by atoms with van der Waals surface area (Å²) in [5.74, 6) is 1.50. The summed E-state index contributed by atoms with van der Waals surface area (Å²) in [6.45, 7) is 6.06. The monoisotopic (exact) mass is 492 g/mol. The van der Waals surface area contributed by atoms with Crippen molar-refractivity contribution in [3.8, 4) is 10.4 Å². The first-order valence-electron chi connectivity index (χ1n) is 11.0. The number of aromatic nitrogens is 2. The van der Waals surface area contributed by atoms with E-state index in [-0.39, 0.29) is 17.9 Å². The maximum absolute atomic E-state index is 13.6. The van der Waals surface area contributed by atoms with E-state index in [0.717, 1.165) is 26.8 Å². The summed E-state index contributed by atoms with van der Waals surface area (Å²) in [7, 11) is 0. The zero-order valence-corrected chi connectivity index (χ0v) is 20.8. The molecule has 0 saturated carbocycles. The lowest BCUT2D eigenvalue weighted by Gasteiger charge is -2.24. The predicted octanol–water partition coefficient (Wildman–Crippen LogP) is 4.82. The van der Waals surface area contributed by atoms with Crippen LogP contribution in [0.15, 0.2) is 46.9 Å². The number of hydrogen-bond donors (Lipinski definition) is 1. The van der Waals surface area contributed by atoms with Crippen molar-refractivity contribution in [1.29, 1.82) is 0 Å². The summed E-state index contributed by atoms with van der Waals surface area (Å²) in [4.78, 5) is 38.1. The normalized spacial score (nSPS) is 15.7. The molecule has 4 aromatic rings. The number of rotatable bonds is 5. The number of para-hydroxylation sites is 1. The molecule has 0 aliphatic carbocycles. The Balaban J connectivity index is 1.34. The number of hydrogen-bond acceptors (Lipinski definition) is 7. The maximum Gasteiger partial charge on any atom is 0.275 e. The standard InChI is InChI=1S/C25H24N4O3S2/c1-14-6-4-7-17(10-14)23-21(28-16(3)34-23)25(31)29-13-33-12-18(29)11-26-24(30)19-8-5-9-20-22(19)32-15(2)27-20/h4-10,18H,11-13H2,1-3H3,(H,26,30)/t18-/m1/s1. The van der Waals surface area contributed by atoms with Crippen molar-refractivity contribution >= 4 is 46.0 Å². The van der Waals surface area contributed by atoms with Gasteiger partial charge in [0.15, 0.2) is 11.5 Å². The first-order chi connectivity index (χ1) is 16.4. The molecule has 0 spiro atoms. The molecule has 5 rings (SSSR count). The third-order valence-corrected chi connectivity index (χ3v) is 7.83. The highest BCUT2D eigenvalue weighted by molar-refractivity contribution is 7.99. The zero-order chi connectivity index (χ0) is 23.8. The molecule has 1 atom stereocenters. The number of amides is 2. The number of carbonyl (C=O) groups is 2. The van der Waals surface area contributed by atoms with Gasteiger partial charge in [0.1, 0.15) is 11.2 Å². The smallest absolute Gasteiger partial charge is 0.275 e. The number of benzene rings is 2. The topological polar surface area (TPSA) is 88.3 Å². The second-order valence-corrected chi connectivity index (χ2v) is 10.5. The van der Waals surface area contributed by atoms with Crippen molar-refractivity contribution in [2.75, 3.05) is 18.2 Å². The lowest BCUT2D eigenvalue weighted by molar-refractivity contribution is 0.0732.